The van der Waals surface area contributed by atoms with Crippen LogP contribution in [-0.2, 0) is 6.42 Å². The fraction of sp³-hybridized carbons (Fsp3) is 0.0385. The van der Waals surface area contributed by atoms with E-state index < -0.39 is 0 Å². The number of aromatic nitrogens is 1. The maximum Gasteiger partial charge on any atom is 0.195 e. The van der Waals surface area contributed by atoms with E-state index in [4.69, 9.17) is 0 Å². The van der Waals surface area contributed by atoms with E-state index in [-0.39, 0.29) is 11.6 Å². The van der Waals surface area contributed by atoms with Crippen molar-refractivity contribution >= 4 is 22.2 Å². The van der Waals surface area contributed by atoms with Crippen LogP contribution in [0.15, 0.2) is 97.2 Å². The highest BCUT2D eigenvalue weighted by atomic mass is 19.1. The Hall–Kier alpha value is -3.72. The summed E-state index contributed by atoms with van der Waals surface area (Å²) in [5.41, 5.74) is 5.40. The normalized spacial score (nSPS) is 11.2. The fourth-order valence-electron chi connectivity index (χ4n) is 4.00. The number of carbonyl (C=O) groups excluding carboxylic acids is 1. The number of hydrogen-bond acceptors (Lipinski definition) is 1. The highest BCUT2D eigenvalue weighted by Crippen LogP contribution is 2.32. The third-order valence-corrected chi connectivity index (χ3v) is 5.34. The SMILES string of the molecule is O=C(c1ccc(F)cc1)c1cccn2c1c(Cc1ccccc1)c1ccccc12. The standard InChI is InChI=1S/C26H18FNO/c27-20-14-12-19(13-15-20)26(29)22-10-6-16-28-24-11-5-4-9-21(24)23(25(22)28)17-18-7-2-1-3-8-18/h1-16H,17H2. The highest BCUT2D eigenvalue weighted by molar-refractivity contribution is 6.15. The van der Waals surface area contributed by atoms with Crippen molar-refractivity contribution in [3.05, 3.63) is 125 Å². The second-order valence-corrected chi connectivity index (χ2v) is 7.13. The summed E-state index contributed by atoms with van der Waals surface area (Å²) in [6, 6.07) is 28.0. The molecule has 140 valence electrons. The molecule has 0 atom stereocenters. The summed E-state index contributed by atoms with van der Waals surface area (Å²) >= 11 is 0. The van der Waals surface area contributed by atoms with E-state index in [1.54, 1.807) is 12.1 Å². The summed E-state index contributed by atoms with van der Waals surface area (Å²) in [7, 11) is 0. The second kappa shape index (κ2) is 7.02. The zero-order valence-electron chi connectivity index (χ0n) is 15.7. The Kier molecular flexibility index (Phi) is 4.21. The quantitative estimate of drug-likeness (QED) is 0.348. The van der Waals surface area contributed by atoms with Crippen LogP contribution in [0.2, 0.25) is 0 Å². The molecule has 2 heterocycles. The number of ketones is 1. The number of rotatable bonds is 4. The maximum atomic E-state index is 13.3. The molecule has 0 aliphatic rings. The molecule has 0 bridgehead atoms. The first-order valence-electron chi connectivity index (χ1n) is 9.57. The molecular formula is C26H18FNO. The molecule has 0 radical (unpaired) electrons. The first-order valence-corrected chi connectivity index (χ1v) is 9.57. The number of halogens is 1. The number of pyridine rings is 1. The number of nitrogens with zero attached hydrogens (tertiary/aromatic N) is 1. The van der Waals surface area contributed by atoms with Gasteiger partial charge >= 0.3 is 0 Å². The lowest BCUT2D eigenvalue weighted by molar-refractivity contribution is 0.104. The first-order chi connectivity index (χ1) is 14.2. The van der Waals surface area contributed by atoms with Gasteiger partial charge in [-0.1, -0.05) is 48.5 Å². The van der Waals surface area contributed by atoms with E-state index >= 15 is 0 Å². The Bertz CT molecular complexity index is 1330. The molecule has 0 aliphatic carbocycles. The molecule has 5 aromatic rings. The van der Waals surface area contributed by atoms with Crippen LogP contribution in [0.3, 0.4) is 0 Å². The van der Waals surface area contributed by atoms with Crippen molar-refractivity contribution in [1.29, 1.82) is 0 Å². The number of fused-ring (bicyclic) bond motifs is 3. The number of para-hydroxylation sites is 1. The molecule has 29 heavy (non-hydrogen) atoms. The zero-order chi connectivity index (χ0) is 19.8. The molecule has 0 N–H and O–H groups in total. The van der Waals surface area contributed by atoms with Gasteiger partial charge in [-0.05, 0) is 53.6 Å². The molecule has 3 heteroatoms. The van der Waals surface area contributed by atoms with Crippen LogP contribution < -0.4 is 0 Å². The lowest BCUT2D eigenvalue weighted by atomic mass is 9.97. The zero-order valence-corrected chi connectivity index (χ0v) is 15.7. The van der Waals surface area contributed by atoms with Gasteiger partial charge in [0.05, 0.1) is 11.0 Å². The van der Waals surface area contributed by atoms with Gasteiger partial charge in [0.15, 0.2) is 5.78 Å². The minimum Gasteiger partial charge on any atom is -0.316 e. The molecule has 0 saturated heterocycles. The van der Waals surface area contributed by atoms with Gasteiger partial charge in [0.2, 0.25) is 0 Å². The van der Waals surface area contributed by atoms with E-state index in [1.807, 2.05) is 48.7 Å². The van der Waals surface area contributed by atoms with Gasteiger partial charge in [-0.3, -0.25) is 4.79 Å². The van der Waals surface area contributed by atoms with Gasteiger partial charge in [-0.15, -0.1) is 0 Å². The van der Waals surface area contributed by atoms with E-state index in [9.17, 15) is 9.18 Å². The van der Waals surface area contributed by atoms with Crippen LogP contribution in [0.5, 0.6) is 0 Å². The average Bonchev–Trinajstić information content (AvgIpc) is 3.09. The molecule has 0 amide bonds. The van der Waals surface area contributed by atoms with Crippen molar-refractivity contribution < 1.29 is 9.18 Å². The number of hydrogen-bond donors (Lipinski definition) is 0. The van der Waals surface area contributed by atoms with Crippen LogP contribution >= 0.6 is 0 Å². The molecule has 2 aromatic heterocycles. The van der Waals surface area contributed by atoms with Gasteiger partial charge in [0.25, 0.3) is 0 Å². The molecule has 2 nitrogen and oxygen atoms in total. The van der Waals surface area contributed by atoms with Crippen LogP contribution in [0.1, 0.15) is 27.0 Å². The van der Waals surface area contributed by atoms with Crippen molar-refractivity contribution in [2.75, 3.05) is 0 Å². The minimum absolute atomic E-state index is 0.104. The molecule has 0 fully saturated rings. The van der Waals surface area contributed by atoms with Crippen molar-refractivity contribution in [3.63, 3.8) is 0 Å². The molecule has 0 unspecified atom stereocenters. The Balaban J connectivity index is 1.77. The molecule has 5 rings (SSSR count). The average molecular weight is 379 g/mol. The van der Waals surface area contributed by atoms with E-state index in [0.29, 0.717) is 11.1 Å². The fourth-order valence-corrected chi connectivity index (χ4v) is 4.00. The summed E-state index contributed by atoms with van der Waals surface area (Å²) in [6.07, 6.45) is 2.72. The third-order valence-electron chi connectivity index (χ3n) is 5.34. The monoisotopic (exact) mass is 379 g/mol. The lowest BCUT2D eigenvalue weighted by Crippen LogP contribution is -2.05. The van der Waals surface area contributed by atoms with Gasteiger partial charge in [0, 0.05) is 29.1 Å². The molecule has 0 spiro atoms. The molecule has 3 aromatic carbocycles. The Labute approximate surface area is 167 Å². The third kappa shape index (κ3) is 3.01. The Morgan fingerprint density at radius 1 is 0.793 bits per heavy atom. The lowest BCUT2D eigenvalue weighted by Gasteiger charge is -2.08. The molecule has 0 aliphatic heterocycles. The summed E-state index contributed by atoms with van der Waals surface area (Å²) in [5, 5.41) is 1.13. The minimum atomic E-state index is -0.349. The summed E-state index contributed by atoms with van der Waals surface area (Å²) in [5.74, 6) is -0.453. The van der Waals surface area contributed by atoms with E-state index in [1.165, 1.54) is 17.7 Å². The van der Waals surface area contributed by atoms with Crippen LogP contribution in [-0.4, -0.2) is 10.2 Å². The van der Waals surface area contributed by atoms with E-state index in [0.717, 1.165) is 28.4 Å². The summed E-state index contributed by atoms with van der Waals surface area (Å²) in [4.78, 5) is 13.3. The molecule has 0 saturated carbocycles. The van der Waals surface area contributed by atoms with Gasteiger partial charge in [0.1, 0.15) is 5.82 Å². The van der Waals surface area contributed by atoms with Crippen LogP contribution in [0.25, 0.3) is 16.4 Å². The van der Waals surface area contributed by atoms with Crippen LogP contribution in [0.4, 0.5) is 4.39 Å². The van der Waals surface area contributed by atoms with Crippen molar-refractivity contribution in [3.8, 4) is 0 Å². The van der Waals surface area contributed by atoms with Gasteiger partial charge in [-0.2, -0.15) is 0 Å². The van der Waals surface area contributed by atoms with Crippen molar-refractivity contribution in [2.45, 2.75) is 6.42 Å². The Morgan fingerprint density at radius 2 is 1.52 bits per heavy atom. The highest BCUT2D eigenvalue weighted by Gasteiger charge is 2.19. The molecular weight excluding hydrogens is 361 g/mol. The van der Waals surface area contributed by atoms with E-state index in [2.05, 4.69) is 28.7 Å². The number of carbonyl (C=O) groups is 1. The topological polar surface area (TPSA) is 21.5 Å². The van der Waals surface area contributed by atoms with Crippen LogP contribution in [0, 0.1) is 5.82 Å². The Morgan fingerprint density at radius 3 is 2.31 bits per heavy atom. The maximum absolute atomic E-state index is 13.3. The summed E-state index contributed by atoms with van der Waals surface area (Å²) in [6.45, 7) is 0. The number of benzene rings is 3. The predicted octanol–water partition coefficient (Wildman–Crippen LogP) is 6.05. The summed E-state index contributed by atoms with van der Waals surface area (Å²) < 4.78 is 15.4. The van der Waals surface area contributed by atoms with Crippen molar-refractivity contribution in [2.24, 2.45) is 0 Å². The van der Waals surface area contributed by atoms with Gasteiger partial charge < -0.3 is 4.40 Å². The largest absolute Gasteiger partial charge is 0.316 e. The first kappa shape index (κ1) is 17.4. The van der Waals surface area contributed by atoms with Crippen molar-refractivity contribution in [1.82, 2.24) is 4.40 Å². The predicted molar refractivity (Wildman–Crippen MR) is 114 cm³/mol. The van der Waals surface area contributed by atoms with Gasteiger partial charge in [-0.25, -0.2) is 4.39 Å². The smallest absolute Gasteiger partial charge is 0.195 e. The second-order valence-electron chi connectivity index (χ2n) is 7.13.